The molecule has 0 aromatic rings. The van der Waals surface area contributed by atoms with Gasteiger partial charge in [-0.1, -0.05) is 6.92 Å². The highest BCUT2D eigenvalue weighted by Crippen LogP contribution is 2.12. The molecule has 1 aliphatic rings. The lowest BCUT2D eigenvalue weighted by Gasteiger charge is -2.29. The number of nitrogens with zero attached hydrogens (tertiary/aromatic N) is 2. The first-order chi connectivity index (χ1) is 8.81. The fourth-order valence-electron chi connectivity index (χ4n) is 2.86. The molecule has 0 bridgehead atoms. The lowest BCUT2D eigenvalue weighted by molar-refractivity contribution is 0.184. The summed E-state index contributed by atoms with van der Waals surface area (Å²) >= 11 is 0. The van der Waals surface area contributed by atoms with E-state index in [4.69, 9.17) is 10.8 Å². The van der Waals surface area contributed by atoms with Crippen molar-refractivity contribution >= 4 is 0 Å². The molecule has 0 spiro atoms. The third-order valence-electron chi connectivity index (χ3n) is 3.99. The van der Waals surface area contributed by atoms with E-state index in [2.05, 4.69) is 16.7 Å². The second kappa shape index (κ2) is 9.73. The minimum Gasteiger partial charge on any atom is -0.396 e. The zero-order chi connectivity index (χ0) is 13.2. The van der Waals surface area contributed by atoms with Crippen LogP contribution in [-0.4, -0.2) is 66.8 Å². The zero-order valence-electron chi connectivity index (χ0n) is 12.0. The minimum absolute atomic E-state index is 0.328. The predicted octanol–water partition coefficient (Wildman–Crippen LogP) is 0.894. The van der Waals surface area contributed by atoms with E-state index < -0.39 is 0 Å². The maximum Gasteiger partial charge on any atom is 0.0431 e. The third kappa shape index (κ3) is 5.65. The molecule has 1 saturated heterocycles. The van der Waals surface area contributed by atoms with Gasteiger partial charge in [0.15, 0.2) is 0 Å². The van der Waals surface area contributed by atoms with Gasteiger partial charge in [-0.15, -0.1) is 0 Å². The summed E-state index contributed by atoms with van der Waals surface area (Å²) in [4.78, 5) is 5.17. The van der Waals surface area contributed by atoms with Gasteiger partial charge in [0.1, 0.15) is 0 Å². The Labute approximate surface area is 112 Å². The quantitative estimate of drug-likeness (QED) is 0.634. The Kier molecular flexibility index (Phi) is 8.59. The third-order valence-corrected chi connectivity index (χ3v) is 3.99. The Morgan fingerprint density at radius 1 is 1.17 bits per heavy atom. The molecule has 1 heterocycles. The molecule has 0 aliphatic carbocycles. The predicted molar refractivity (Wildman–Crippen MR) is 76.7 cm³/mol. The van der Waals surface area contributed by atoms with Gasteiger partial charge in [0.25, 0.3) is 0 Å². The molecule has 0 radical (unpaired) electrons. The second-order valence-electron chi connectivity index (χ2n) is 5.30. The first kappa shape index (κ1) is 15.9. The van der Waals surface area contributed by atoms with Crippen LogP contribution in [0, 0.1) is 0 Å². The fraction of sp³-hybridized carbons (Fsp3) is 1.00. The van der Waals surface area contributed by atoms with Crippen molar-refractivity contribution in [3.63, 3.8) is 0 Å². The number of hydrogen-bond acceptors (Lipinski definition) is 4. The highest BCUT2D eigenvalue weighted by Gasteiger charge is 2.19. The molecular formula is C14H31N3O. The molecule has 1 aliphatic heterocycles. The topological polar surface area (TPSA) is 52.7 Å². The van der Waals surface area contributed by atoms with Gasteiger partial charge in [0.05, 0.1) is 0 Å². The Balaban J connectivity index is 2.30. The molecule has 1 rings (SSSR count). The summed E-state index contributed by atoms with van der Waals surface area (Å²) in [6, 6.07) is 0.674. The van der Waals surface area contributed by atoms with Gasteiger partial charge < -0.3 is 15.7 Å². The van der Waals surface area contributed by atoms with Crippen molar-refractivity contribution in [3.8, 4) is 0 Å². The molecule has 18 heavy (non-hydrogen) atoms. The number of nitrogens with two attached hydrogens (primary N) is 1. The molecule has 1 atom stereocenters. The van der Waals surface area contributed by atoms with Gasteiger partial charge in [0, 0.05) is 25.7 Å². The van der Waals surface area contributed by atoms with Gasteiger partial charge in [0.2, 0.25) is 0 Å². The van der Waals surface area contributed by atoms with Crippen molar-refractivity contribution in [2.75, 3.05) is 45.9 Å². The largest absolute Gasteiger partial charge is 0.396 e. The summed E-state index contributed by atoms with van der Waals surface area (Å²) in [6.45, 7) is 9.32. The van der Waals surface area contributed by atoms with Crippen LogP contribution in [0.2, 0.25) is 0 Å². The van der Waals surface area contributed by atoms with Gasteiger partial charge >= 0.3 is 0 Å². The number of aliphatic hydroxyl groups excluding tert-OH is 1. The van der Waals surface area contributed by atoms with Crippen LogP contribution in [-0.2, 0) is 0 Å². The van der Waals surface area contributed by atoms with Crippen LogP contribution in [0.4, 0.5) is 0 Å². The standard InChI is InChI=1S/C14H31N3O/c1-2-14(6-7-15)17-10-5-9-16(11-12-17)8-3-4-13-18/h14,18H,2-13,15H2,1H3. The summed E-state index contributed by atoms with van der Waals surface area (Å²) in [6.07, 6.45) is 5.66. The molecule has 0 saturated carbocycles. The summed E-state index contributed by atoms with van der Waals surface area (Å²) in [5, 5.41) is 8.82. The molecule has 1 unspecified atom stereocenters. The number of aliphatic hydroxyl groups is 1. The van der Waals surface area contributed by atoms with E-state index in [0.717, 1.165) is 32.4 Å². The first-order valence-electron chi connectivity index (χ1n) is 7.59. The van der Waals surface area contributed by atoms with E-state index in [1.807, 2.05) is 0 Å². The highest BCUT2D eigenvalue weighted by atomic mass is 16.2. The van der Waals surface area contributed by atoms with E-state index in [1.54, 1.807) is 0 Å². The Morgan fingerprint density at radius 2 is 2.00 bits per heavy atom. The average Bonchev–Trinajstić information content (AvgIpc) is 2.62. The van der Waals surface area contributed by atoms with Crippen LogP contribution in [0.15, 0.2) is 0 Å². The van der Waals surface area contributed by atoms with E-state index in [0.29, 0.717) is 12.6 Å². The van der Waals surface area contributed by atoms with E-state index in [9.17, 15) is 0 Å². The number of rotatable bonds is 8. The Morgan fingerprint density at radius 3 is 2.67 bits per heavy atom. The minimum atomic E-state index is 0.328. The van der Waals surface area contributed by atoms with Crippen molar-refractivity contribution in [3.05, 3.63) is 0 Å². The van der Waals surface area contributed by atoms with Gasteiger partial charge in [-0.25, -0.2) is 0 Å². The molecular weight excluding hydrogens is 226 g/mol. The second-order valence-corrected chi connectivity index (χ2v) is 5.30. The van der Waals surface area contributed by atoms with Crippen LogP contribution < -0.4 is 5.73 Å². The van der Waals surface area contributed by atoms with Crippen LogP contribution >= 0.6 is 0 Å². The van der Waals surface area contributed by atoms with Crippen molar-refractivity contribution in [2.24, 2.45) is 5.73 Å². The molecule has 4 nitrogen and oxygen atoms in total. The maximum atomic E-state index is 8.82. The summed E-state index contributed by atoms with van der Waals surface area (Å²) in [5.74, 6) is 0. The molecule has 108 valence electrons. The van der Waals surface area contributed by atoms with Gasteiger partial charge in [-0.2, -0.15) is 0 Å². The first-order valence-corrected chi connectivity index (χ1v) is 7.59. The maximum absolute atomic E-state index is 8.82. The van der Waals surface area contributed by atoms with E-state index >= 15 is 0 Å². The molecule has 3 N–H and O–H groups in total. The van der Waals surface area contributed by atoms with Crippen molar-refractivity contribution in [1.82, 2.24) is 9.80 Å². The SMILES string of the molecule is CCC(CCN)N1CCCN(CCCCO)CC1. The molecule has 1 fully saturated rings. The fourth-order valence-corrected chi connectivity index (χ4v) is 2.86. The van der Waals surface area contributed by atoms with Gasteiger partial charge in [-0.05, 0) is 58.3 Å². The lowest BCUT2D eigenvalue weighted by Crippen LogP contribution is -2.39. The normalized spacial score (nSPS) is 20.8. The smallest absolute Gasteiger partial charge is 0.0431 e. The van der Waals surface area contributed by atoms with Gasteiger partial charge in [-0.3, -0.25) is 4.90 Å². The van der Waals surface area contributed by atoms with Crippen molar-refractivity contribution in [1.29, 1.82) is 0 Å². The monoisotopic (exact) mass is 257 g/mol. The summed E-state index contributed by atoms with van der Waals surface area (Å²) in [5.41, 5.74) is 5.70. The molecule has 0 aromatic heterocycles. The number of unbranched alkanes of at least 4 members (excludes halogenated alkanes) is 1. The van der Waals surface area contributed by atoms with E-state index in [-0.39, 0.29) is 0 Å². The highest BCUT2D eigenvalue weighted by molar-refractivity contribution is 4.76. The average molecular weight is 257 g/mol. The summed E-state index contributed by atoms with van der Waals surface area (Å²) < 4.78 is 0. The number of hydrogen-bond donors (Lipinski definition) is 2. The lowest BCUT2D eigenvalue weighted by atomic mass is 10.1. The Bertz CT molecular complexity index is 201. The van der Waals surface area contributed by atoms with Crippen molar-refractivity contribution in [2.45, 2.75) is 45.1 Å². The molecule has 4 heteroatoms. The Hall–Kier alpha value is -0.160. The van der Waals surface area contributed by atoms with Crippen molar-refractivity contribution < 1.29 is 5.11 Å². The van der Waals surface area contributed by atoms with Crippen LogP contribution in [0.3, 0.4) is 0 Å². The van der Waals surface area contributed by atoms with Crippen LogP contribution in [0.5, 0.6) is 0 Å². The van der Waals surface area contributed by atoms with Crippen LogP contribution in [0.25, 0.3) is 0 Å². The van der Waals surface area contributed by atoms with Crippen LogP contribution in [0.1, 0.15) is 39.0 Å². The van der Waals surface area contributed by atoms with E-state index in [1.165, 1.54) is 39.0 Å². The zero-order valence-corrected chi connectivity index (χ0v) is 12.0. The summed E-state index contributed by atoms with van der Waals surface area (Å²) in [7, 11) is 0. The molecule has 0 amide bonds. The molecule has 0 aromatic carbocycles.